The Morgan fingerprint density at radius 2 is 1.74 bits per heavy atom. The second kappa shape index (κ2) is 11.5. The van der Waals surface area contributed by atoms with Crippen LogP contribution in [0.4, 0.5) is 10.1 Å². The zero-order valence-corrected chi connectivity index (χ0v) is 21.9. The van der Waals surface area contributed by atoms with Crippen molar-refractivity contribution >= 4 is 27.5 Å². The summed E-state index contributed by atoms with van der Waals surface area (Å²) < 4.78 is 44.7. The summed E-state index contributed by atoms with van der Waals surface area (Å²) in [6.07, 6.45) is 1.28. The number of nitrogens with zero attached hydrogens (tertiary/aromatic N) is 2. The van der Waals surface area contributed by atoms with E-state index in [9.17, 15) is 22.4 Å². The molecule has 2 rings (SSSR count). The van der Waals surface area contributed by atoms with Crippen LogP contribution < -0.4 is 14.4 Å². The van der Waals surface area contributed by atoms with Crippen molar-refractivity contribution in [2.75, 3.05) is 24.2 Å². The topological polar surface area (TPSA) is 96.0 Å². The molecule has 0 aliphatic carbocycles. The lowest BCUT2D eigenvalue weighted by atomic mass is 10.1. The van der Waals surface area contributed by atoms with Crippen molar-refractivity contribution in [2.24, 2.45) is 0 Å². The van der Waals surface area contributed by atoms with Crippen LogP contribution in [0.3, 0.4) is 0 Å². The minimum atomic E-state index is -3.88. The first kappa shape index (κ1) is 28.1. The van der Waals surface area contributed by atoms with Crippen LogP contribution in [0.5, 0.6) is 5.75 Å². The Balaban J connectivity index is 2.46. The molecule has 0 bridgehead atoms. The van der Waals surface area contributed by atoms with Crippen molar-refractivity contribution in [1.29, 1.82) is 0 Å². The Bertz CT molecular complexity index is 1130. The van der Waals surface area contributed by atoms with Crippen molar-refractivity contribution < 1.29 is 27.1 Å². The van der Waals surface area contributed by atoms with Crippen LogP contribution >= 0.6 is 0 Å². The van der Waals surface area contributed by atoms with Crippen LogP contribution in [0.1, 0.15) is 39.7 Å². The minimum absolute atomic E-state index is 0.0626. The molecule has 8 nitrogen and oxygen atoms in total. The summed E-state index contributed by atoms with van der Waals surface area (Å²) in [5.41, 5.74) is 0.338. The highest BCUT2D eigenvalue weighted by atomic mass is 32.2. The number of nitrogens with one attached hydrogen (secondary N) is 1. The highest BCUT2D eigenvalue weighted by Gasteiger charge is 2.33. The molecule has 0 heterocycles. The van der Waals surface area contributed by atoms with Crippen LogP contribution in [-0.2, 0) is 26.2 Å². The third kappa shape index (κ3) is 8.24. The average molecular weight is 508 g/mol. The molecule has 35 heavy (non-hydrogen) atoms. The summed E-state index contributed by atoms with van der Waals surface area (Å²) in [4.78, 5) is 28.1. The Morgan fingerprint density at radius 3 is 2.26 bits per heavy atom. The van der Waals surface area contributed by atoms with Gasteiger partial charge in [-0.25, -0.2) is 12.8 Å². The summed E-state index contributed by atoms with van der Waals surface area (Å²) in [6, 6.07) is 11.1. The summed E-state index contributed by atoms with van der Waals surface area (Å²) in [6.45, 7) is 6.82. The predicted octanol–water partition coefficient (Wildman–Crippen LogP) is 3.32. The van der Waals surface area contributed by atoms with Crippen LogP contribution in [0, 0.1) is 5.82 Å². The molecular weight excluding hydrogens is 473 g/mol. The number of carbonyl (C=O) groups excluding carboxylic acids is 2. The largest absolute Gasteiger partial charge is 0.497 e. The molecule has 0 aliphatic heterocycles. The summed E-state index contributed by atoms with van der Waals surface area (Å²) in [5, 5.41) is 2.90. The number of rotatable bonds is 10. The summed E-state index contributed by atoms with van der Waals surface area (Å²) >= 11 is 0. The molecule has 0 saturated carbocycles. The quantitative estimate of drug-likeness (QED) is 0.532. The summed E-state index contributed by atoms with van der Waals surface area (Å²) in [7, 11) is -2.35. The zero-order valence-electron chi connectivity index (χ0n) is 21.0. The first-order valence-electron chi connectivity index (χ1n) is 11.2. The Kier molecular flexibility index (Phi) is 9.25. The number of amides is 2. The number of halogens is 1. The van der Waals surface area contributed by atoms with Gasteiger partial charge in [-0.15, -0.1) is 0 Å². The van der Waals surface area contributed by atoms with E-state index in [1.165, 1.54) is 24.1 Å². The van der Waals surface area contributed by atoms with E-state index in [1.54, 1.807) is 31.2 Å². The van der Waals surface area contributed by atoms with Gasteiger partial charge in [0.15, 0.2) is 0 Å². The number of ether oxygens (including phenoxy) is 1. The molecule has 0 radical (unpaired) electrons. The van der Waals surface area contributed by atoms with E-state index in [1.807, 2.05) is 20.8 Å². The lowest BCUT2D eigenvalue weighted by molar-refractivity contribution is -0.141. The van der Waals surface area contributed by atoms with Crippen LogP contribution in [0.2, 0.25) is 0 Å². The fraction of sp³-hybridized carbons (Fsp3) is 0.440. The molecule has 1 atom stereocenters. The molecule has 0 unspecified atom stereocenters. The number of sulfonamides is 1. The third-order valence-corrected chi connectivity index (χ3v) is 6.31. The van der Waals surface area contributed by atoms with E-state index in [4.69, 9.17) is 4.74 Å². The lowest BCUT2D eigenvalue weighted by Crippen LogP contribution is -2.55. The van der Waals surface area contributed by atoms with E-state index in [2.05, 4.69) is 5.32 Å². The van der Waals surface area contributed by atoms with Crippen molar-refractivity contribution in [3.05, 3.63) is 59.9 Å². The van der Waals surface area contributed by atoms with Gasteiger partial charge in [0, 0.05) is 12.1 Å². The average Bonchev–Trinajstić information content (AvgIpc) is 2.76. The van der Waals surface area contributed by atoms with Crippen LogP contribution in [0.15, 0.2) is 48.5 Å². The van der Waals surface area contributed by atoms with Gasteiger partial charge in [-0.05, 0) is 69.2 Å². The molecule has 2 aromatic rings. The van der Waals surface area contributed by atoms with E-state index in [-0.39, 0.29) is 18.1 Å². The van der Waals surface area contributed by atoms with Crippen molar-refractivity contribution in [3.8, 4) is 5.75 Å². The van der Waals surface area contributed by atoms with E-state index in [0.717, 1.165) is 22.7 Å². The summed E-state index contributed by atoms with van der Waals surface area (Å²) in [5.74, 6) is -0.855. The van der Waals surface area contributed by atoms with Gasteiger partial charge in [-0.1, -0.05) is 19.1 Å². The smallest absolute Gasteiger partial charge is 0.244 e. The van der Waals surface area contributed by atoms with Crippen molar-refractivity contribution in [1.82, 2.24) is 10.2 Å². The number of methoxy groups -OCH3 is 1. The van der Waals surface area contributed by atoms with Gasteiger partial charge in [0.2, 0.25) is 21.8 Å². The van der Waals surface area contributed by atoms with E-state index < -0.39 is 39.9 Å². The molecule has 2 aromatic carbocycles. The number of hydrogen-bond acceptors (Lipinski definition) is 5. The van der Waals surface area contributed by atoms with Gasteiger partial charge in [-0.3, -0.25) is 13.9 Å². The van der Waals surface area contributed by atoms with Crippen molar-refractivity contribution in [3.63, 3.8) is 0 Å². The SMILES string of the molecule is CC[C@@H](C(=O)NC(C)(C)C)N(Cc1cccc(OC)c1)C(=O)CN(c1ccc(F)cc1)S(C)(=O)=O. The fourth-order valence-electron chi connectivity index (χ4n) is 3.56. The Labute approximate surface area is 207 Å². The second-order valence-electron chi connectivity index (χ2n) is 9.28. The van der Waals surface area contributed by atoms with Gasteiger partial charge in [0.25, 0.3) is 0 Å². The van der Waals surface area contributed by atoms with Gasteiger partial charge in [0.05, 0.1) is 19.1 Å². The van der Waals surface area contributed by atoms with Crippen LogP contribution in [-0.4, -0.2) is 56.6 Å². The first-order chi connectivity index (χ1) is 16.2. The molecule has 0 aliphatic rings. The van der Waals surface area contributed by atoms with Gasteiger partial charge in [-0.2, -0.15) is 0 Å². The Morgan fingerprint density at radius 1 is 1.11 bits per heavy atom. The monoisotopic (exact) mass is 507 g/mol. The minimum Gasteiger partial charge on any atom is -0.497 e. The van der Waals surface area contributed by atoms with Gasteiger partial charge in [0.1, 0.15) is 24.2 Å². The molecule has 192 valence electrons. The van der Waals surface area contributed by atoms with E-state index in [0.29, 0.717) is 17.7 Å². The predicted molar refractivity (Wildman–Crippen MR) is 134 cm³/mol. The maximum Gasteiger partial charge on any atom is 0.244 e. The lowest BCUT2D eigenvalue weighted by Gasteiger charge is -2.34. The maximum atomic E-state index is 13.6. The zero-order chi connectivity index (χ0) is 26.4. The molecule has 0 spiro atoms. The standard InChI is InChI=1S/C25H34FN3O5S/c1-7-22(24(31)27-25(2,3)4)28(16-18-9-8-10-21(15-18)34-5)23(30)17-29(35(6,32)33)20-13-11-19(26)12-14-20/h8-15,22H,7,16-17H2,1-6H3,(H,27,31)/t22-/m0/s1. The number of carbonyl (C=O) groups is 2. The second-order valence-corrected chi connectivity index (χ2v) is 11.2. The van der Waals surface area contributed by atoms with Gasteiger partial charge < -0.3 is 15.0 Å². The van der Waals surface area contributed by atoms with Crippen LogP contribution in [0.25, 0.3) is 0 Å². The molecular formula is C25H34FN3O5S. The van der Waals surface area contributed by atoms with Crippen molar-refractivity contribution in [2.45, 2.75) is 52.2 Å². The highest BCUT2D eigenvalue weighted by Crippen LogP contribution is 2.21. The number of benzene rings is 2. The van der Waals surface area contributed by atoms with Gasteiger partial charge >= 0.3 is 0 Å². The number of hydrogen-bond donors (Lipinski definition) is 1. The molecule has 10 heteroatoms. The molecule has 0 fully saturated rings. The molecule has 0 aromatic heterocycles. The molecule has 2 amide bonds. The van der Waals surface area contributed by atoms with E-state index >= 15 is 0 Å². The normalized spacial score (nSPS) is 12.5. The highest BCUT2D eigenvalue weighted by molar-refractivity contribution is 7.92. The third-order valence-electron chi connectivity index (χ3n) is 5.16. The first-order valence-corrected chi connectivity index (χ1v) is 13.1. The fourth-order valence-corrected chi connectivity index (χ4v) is 4.41. The number of anilines is 1. The maximum absolute atomic E-state index is 13.6. The Hall–Kier alpha value is -3.14. The molecule has 0 saturated heterocycles. The molecule has 1 N–H and O–H groups in total.